The third-order valence-electron chi connectivity index (χ3n) is 1.47. The van der Waals surface area contributed by atoms with Crippen LogP contribution in [0.1, 0.15) is 12.8 Å². The summed E-state index contributed by atoms with van der Waals surface area (Å²) in [6, 6.07) is 0.235. The van der Waals surface area contributed by atoms with Crippen molar-refractivity contribution in [1.82, 2.24) is 5.32 Å². The van der Waals surface area contributed by atoms with Gasteiger partial charge in [0.15, 0.2) is 0 Å². The molecule has 1 unspecified atom stereocenters. The predicted molar refractivity (Wildman–Crippen MR) is 36.5 cm³/mol. The van der Waals surface area contributed by atoms with Gasteiger partial charge in [0.1, 0.15) is 0 Å². The average Bonchev–Trinajstić information content (AvgIpc) is 1.88. The zero-order valence-electron chi connectivity index (χ0n) is 5.28. The number of rotatable bonds is 0. The van der Waals surface area contributed by atoms with Gasteiger partial charge in [-0.15, -0.1) is 0 Å². The molecule has 3 heteroatoms. The van der Waals surface area contributed by atoms with E-state index in [1.807, 2.05) is 0 Å². The highest BCUT2D eigenvalue weighted by molar-refractivity contribution is 5.53. The van der Waals surface area contributed by atoms with Crippen LogP contribution in [0.15, 0.2) is 5.70 Å². The van der Waals surface area contributed by atoms with Crippen molar-refractivity contribution in [1.29, 1.82) is 5.41 Å². The van der Waals surface area contributed by atoms with Crippen LogP contribution in [0.25, 0.3) is 0 Å². The molecule has 1 aliphatic rings. The fourth-order valence-electron chi connectivity index (χ4n) is 0.940. The number of nitrogens with one attached hydrogen (secondary N) is 2. The minimum absolute atomic E-state index is 0.235. The first-order valence-corrected chi connectivity index (χ1v) is 3.11. The van der Waals surface area contributed by atoms with Crippen LogP contribution in [-0.2, 0) is 0 Å². The first-order chi connectivity index (χ1) is 4.33. The van der Waals surface area contributed by atoms with Gasteiger partial charge in [-0.1, -0.05) is 0 Å². The largest absolute Gasteiger partial charge is 0.381 e. The Hall–Kier alpha value is -0.790. The molecule has 50 valence electrons. The van der Waals surface area contributed by atoms with Crippen molar-refractivity contribution in [2.45, 2.75) is 18.9 Å². The first kappa shape index (κ1) is 6.33. The third kappa shape index (κ3) is 1.56. The number of hydrogen-bond donors (Lipinski definition) is 3. The third-order valence-corrected chi connectivity index (χ3v) is 1.47. The van der Waals surface area contributed by atoms with Gasteiger partial charge < -0.3 is 11.1 Å². The van der Waals surface area contributed by atoms with E-state index < -0.39 is 0 Å². The van der Waals surface area contributed by atoms with Crippen molar-refractivity contribution >= 4 is 5.87 Å². The monoisotopic (exact) mass is 125 g/mol. The van der Waals surface area contributed by atoms with Gasteiger partial charge >= 0.3 is 0 Å². The van der Waals surface area contributed by atoms with Gasteiger partial charge in [0, 0.05) is 19.0 Å². The number of hydrogen-bond acceptors (Lipinski definition) is 3. The van der Waals surface area contributed by atoms with Gasteiger partial charge in [0.2, 0.25) is 0 Å². The van der Waals surface area contributed by atoms with Crippen LogP contribution in [0, 0.1) is 5.41 Å². The molecule has 0 aromatic carbocycles. The lowest BCUT2D eigenvalue weighted by Gasteiger charge is -2.19. The minimum Gasteiger partial charge on any atom is -0.381 e. The molecule has 0 saturated carbocycles. The molecule has 4 N–H and O–H groups in total. The minimum atomic E-state index is 0.235. The van der Waals surface area contributed by atoms with Gasteiger partial charge in [0.25, 0.3) is 0 Å². The van der Waals surface area contributed by atoms with Crippen LogP contribution >= 0.6 is 0 Å². The molecule has 9 heavy (non-hydrogen) atoms. The summed E-state index contributed by atoms with van der Waals surface area (Å²) in [5.41, 5.74) is 6.46. The van der Waals surface area contributed by atoms with Crippen LogP contribution in [0.2, 0.25) is 0 Å². The Morgan fingerprint density at radius 1 is 1.78 bits per heavy atom. The zero-order chi connectivity index (χ0) is 6.69. The standard InChI is InChI=1S/C6H11N3/c7-4-6-3-5(8)1-2-9-6/h5,7,9H,1-3,8H2. The van der Waals surface area contributed by atoms with Crippen molar-refractivity contribution in [3.63, 3.8) is 0 Å². The van der Waals surface area contributed by atoms with Gasteiger partial charge in [-0.05, 0) is 12.3 Å². The molecule has 1 atom stereocenters. The Morgan fingerprint density at radius 2 is 2.56 bits per heavy atom. The first-order valence-electron chi connectivity index (χ1n) is 3.11. The molecule has 1 fully saturated rings. The molecule has 1 heterocycles. The van der Waals surface area contributed by atoms with E-state index in [9.17, 15) is 0 Å². The van der Waals surface area contributed by atoms with E-state index in [0.29, 0.717) is 0 Å². The Balaban J connectivity index is 2.51. The molecule has 0 aromatic heterocycles. The van der Waals surface area contributed by atoms with E-state index in [1.54, 1.807) is 0 Å². The highest BCUT2D eigenvalue weighted by Gasteiger charge is 2.10. The molecule has 1 saturated heterocycles. The zero-order valence-corrected chi connectivity index (χ0v) is 5.28. The molecule has 0 bridgehead atoms. The molecule has 0 aliphatic carbocycles. The van der Waals surface area contributed by atoms with Gasteiger partial charge in [-0.25, -0.2) is 0 Å². The van der Waals surface area contributed by atoms with Crippen molar-refractivity contribution in [3.8, 4) is 0 Å². The van der Waals surface area contributed by atoms with Crippen molar-refractivity contribution in [3.05, 3.63) is 5.70 Å². The summed E-state index contributed by atoms with van der Waals surface area (Å²) in [7, 11) is 0. The van der Waals surface area contributed by atoms with E-state index in [1.165, 1.54) is 0 Å². The summed E-state index contributed by atoms with van der Waals surface area (Å²) in [5, 5.41) is 9.82. The summed E-state index contributed by atoms with van der Waals surface area (Å²) in [6.07, 6.45) is 1.79. The van der Waals surface area contributed by atoms with Crippen LogP contribution < -0.4 is 11.1 Å². The quantitative estimate of drug-likeness (QED) is 0.393. The lowest BCUT2D eigenvalue weighted by Crippen LogP contribution is -2.34. The molecule has 0 aromatic rings. The summed E-state index contributed by atoms with van der Waals surface area (Å²) in [4.78, 5) is 0. The second kappa shape index (κ2) is 2.67. The van der Waals surface area contributed by atoms with Crippen LogP contribution in [0.4, 0.5) is 0 Å². The van der Waals surface area contributed by atoms with Crippen LogP contribution in [0.3, 0.4) is 0 Å². The Bertz CT molecular complexity index is 146. The number of piperidine rings is 1. The van der Waals surface area contributed by atoms with E-state index in [-0.39, 0.29) is 6.04 Å². The molecule has 1 rings (SSSR count). The topological polar surface area (TPSA) is 61.9 Å². The highest BCUT2D eigenvalue weighted by atomic mass is 14.9. The van der Waals surface area contributed by atoms with Crippen LogP contribution in [0.5, 0.6) is 0 Å². The smallest absolute Gasteiger partial charge is 0.0743 e. The summed E-state index contributed by atoms with van der Waals surface area (Å²) in [5.74, 6) is 2.31. The summed E-state index contributed by atoms with van der Waals surface area (Å²) < 4.78 is 0. The van der Waals surface area contributed by atoms with E-state index >= 15 is 0 Å². The Kier molecular flexibility index (Phi) is 1.88. The molecular weight excluding hydrogens is 114 g/mol. The van der Waals surface area contributed by atoms with E-state index in [4.69, 9.17) is 11.1 Å². The van der Waals surface area contributed by atoms with Gasteiger partial charge in [-0.2, -0.15) is 0 Å². The maximum absolute atomic E-state index is 6.78. The predicted octanol–water partition coefficient (Wildman–Crippen LogP) is -0.171. The molecular formula is C6H11N3. The molecule has 1 aliphatic heterocycles. The summed E-state index contributed by atoms with van der Waals surface area (Å²) in [6.45, 7) is 0.891. The molecule has 3 nitrogen and oxygen atoms in total. The second-order valence-corrected chi connectivity index (χ2v) is 2.28. The lowest BCUT2D eigenvalue weighted by molar-refractivity contribution is 0.517. The normalized spacial score (nSPS) is 26.8. The van der Waals surface area contributed by atoms with E-state index in [0.717, 1.165) is 25.1 Å². The maximum atomic E-state index is 6.78. The molecule has 0 amide bonds. The fraction of sp³-hybridized carbons (Fsp3) is 0.667. The highest BCUT2D eigenvalue weighted by Crippen LogP contribution is 2.05. The van der Waals surface area contributed by atoms with Gasteiger partial charge in [-0.3, -0.25) is 5.41 Å². The van der Waals surface area contributed by atoms with Crippen molar-refractivity contribution in [2.24, 2.45) is 5.73 Å². The molecule has 0 spiro atoms. The molecule has 0 radical (unpaired) electrons. The van der Waals surface area contributed by atoms with Crippen molar-refractivity contribution in [2.75, 3.05) is 6.54 Å². The van der Waals surface area contributed by atoms with Crippen LogP contribution in [-0.4, -0.2) is 18.5 Å². The summed E-state index contributed by atoms with van der Waals surface area (Å²) >= 11 is 0. The Morgan fingerprint density at radius 3 is 3.00 bits per heavy atom. The van der Waals surface area contributed by atoms with Crippen molar-refractivity contribution < 1.29 is 0 Å². The average molecular weight is 125 g/mol. The van der Waals surface area contributed by atoms with E-state index in [2.05, 4.69) is 11.2 Å². The fourth-order valence-corrected chi connectivity index (χ4v) is 0.940. The second-order valence-electron chi connectivity index (χ2n) is 2.28. The lowest BCUT2D eigenvalue weighted by atomic mass is 10.1. The maximum Gasteiger partial charge on any atom is 0.0743 e. The SMILES string of the molecule is N=C=C1CC(N)CCN1. The van der Waals surface area contributed by atoms with Gasteiger partial charge in [0.05, 0.1) is 5.70 Å². The Labute approximate surface area is 54.4 Å². The number of nitrogens with two attached hydrogens (primary N) is 1.